The molecule has 8 rings (SSSR count). The quantitative estimate of drug-likeness (QED) is 0.0249. The Morgan fingerprint density at radius 1 is 0.905 bits per heavy atom. The molecule has 3 amide bonds. The van der Waals surface area contributed by atoms with Crippen molar-refractivity contribution in [3.63, 3.8) is 0 Å². The number of ketones is 1. The van der Waals surface area contributed by atoms with Crippen molar-refractivity contribution in [3.05, 3.63) is 117 Å². The number of hydrogen-bond donors (Lipinski definition) is 5. The van der Waals surface area contributed by atoms with Gasteiger partial charge >= 0.3 is 0 Å². The van der Waals surface area contributed by atoms with E-state index in [4.69, 9.17) is 35.5 Å². The van der Waals surface area contributed by atoms with Gasteiger partial charge in [-0.2, -0.15) is 0 Å². The molecule has 6 aromatic rings. The molecule has 1 saturated carbocycles. The number of benzene rings is 2. The van der Waals surface area contributed by atoms with Crippen LogP contribution in [0.5, 0.6) is 5.75 Å². The van der Waals surface area contributed by atoms with Gasteiger partial charge in [0.25, 0.3) is 0 Å². The Hall–Kier alpha value is -6.31. The van der Waals surface area contributed by atoms with Gasteiger partial charge in [-0.15, -0.1) is 27.8 Å². The largest absolute Gasteiger partial charge is 0.487 e. The number of pyridine rings is 1. The van der Waals surface area contributed by atoms with E-state index in [1.165, 1.54) is 22.3 Å². The molecule has 1 aliphatic heterocycles. The fraction of sp³-hybridized carbons (Fsp3) is 0.517. The van der Waals surface area contributed by atoms with Crippen LogP contribution in [0.1, 0.15) is 101 Å². The first-order valence-corrected chi connectivity index (χ1v) is 30.8. The summed E-state index contributed by atoms with van der Waals surface area (Å²) in [6, 6.07) is 16.6. The van der Waals surface area contributed by atoms with E-state index in [-0.39, 0.29) is 67.0 Å². The highest BCUT2D eigenvalue weighted by Crippen LogP contribution is 2.43. The van der Waals surface area contributed by atoms with Crippen molar-refractivity contribution < 1.29 is 47.6 Å². The lowest BCUT2D eigenvalue weighted by Crippen LogP contribution is -2.57. The van der Waals surface area contributed by atoms with Crippen molar-refractivity contribution in [3.8, 4) is 16.2 Å². The second-order valence-electron chi connectivity index (χ2n) is 22.4. The number of nitrogens with one attached hydrogen (secondary N) is 4. The SMILES string of the molecule is Cc1ncsc1-c1ccc(CNC(=O)[C@@H]2C[C@@H](O)CN2C(=O)[C@@H](NC(=O)CCCNCCn2cc(COCCOCCOCCCC(=O)C3(Cc4cccc(Nc5nccs5)n4)CCC(Oc4cccc(Cl)c4F)CC3)nn2)C(C)(C)C)cc1. The van der Waals surface area contributed by atoms with E-state index in [9.17, 15) is 28.7 Å². The number of ether oxygens (including phenoxy) is 4. The van der Waals surface area contributed by atoms with Gasteiger partial charge in [0.05, 0.1) is 79.1 Å². The van der Waals surface area contributed by atoms with Crippen LogP contribution in [0.15, 0.2) is 83.9 Å². The molecule has 4 aromatic heterocycles. The molecule has 2 aromatic carbocycles. The molecule has 0 bridgehead atoms. The van der Waals surface area contributed by atoms with Crippen molar-refractivity contribution in [2.24, 2.45) is 10.8 Å². The molecule has 2 aliphatic rings. The van der Waals surface area contributed by atoms with Gasteiger partial charge in [0.15, 0.2) is 16.7 Å². The number of thiazole rings is 2. The summed E-state index contributed by atoms with van der Waals surface area (Å²) < 4.78 is 39.8. The zero-order valence-corrected chi connectivity index (χ0v) is 50.5. The molecule has 24 heteroatoms. The van der Waals surface area contributed by atoms with E-state index >= 15 is 0 Å². The van der Waals surface area contributed by atoms with Crippen LogP contribution in [0.2, 0.25) is 5.02 Å². The number of rotatable bonds is 32. The van der Waals surface area contributed by atoms with Crippen LogP contribution in [0.25, 0.3) is 10.4 Å². The van der Waals surface area contributed by atoms with Crippen molar-refractivity contribution in [2.75, 3.05) is 58.0 Å². The number of carbonyl (C=O) groups excluding carboxylic acids is 4. The molecular formula is C60H77ClFN11O9S2. The molecule has 5 heterocycles. The van der Waals surface area contributed by atoms with Crippen LogP contribution in [-0.4, -0.2) is 140 Å². The molecule has 0 unspecified atom stereocenters. The molecule has 5 N–H and O–H groups in total. The first-order valence-electron chi connectivity index (χ1n) is 28.7. The molecule has 452 valence electrons. The summed E-state index contributed by atoms with van der Waals surface area (Å²) >= 11 is 9.06. The monoisotopic (exact) mass is 1210 g/mol. The number of hydrogen-bond acceptors (Lipinski definition) is 18. The summed E-state index contributed by atoms with van der Waals surface area (Å²) in [5, 5.41) is 34.1. The number of aromatic nitrogens is 6. The Kier molecular flexibility index (Phi) is 23.7. The Morgan fingerprint density at radius 3 is 2.40 bits per heavy atom. The van der Waals surface area contributed by atoms with Crippen LogP contribution >= 0.6 is 34.3 Å². The van der Waals surface area contributed by atoms with Gasteiger partial charge in [0, 0.05) is 74.6 Å². The van der Waals surface area contributed by atoms with Gasteiger partial charge in [-0.3, -0.25) is 23.9 Å². The topological polar surface area (TPSA) is 246 Å². The Labute approximate surface area is 503 Å². The standard InChI is InChI=1S/C60H77ClFN11O9S2/c1-40-54(84-39-66-40)42-17-15-41(16-18-42)35-65-56(77)48-33-45(74)37-73(48)57(78)55(59(2,3)4)69-52(76)14-7-23-63-24-26-72-36-44(70-71-72)38-81-31-30-80-29-28-79-27-8-12-50(75)60(34-43-9-5-13-51(67-43)68-58-64-25-32-83-58)21-19-46(20-22-60)82-49-11-6-10-47(61)53(49)62/h5-6,9-11,13,15-18,25,32,36,39,45-46,48,55,63,74H,7-8,12,14,19-24,26-31,33-35,37-38H2,1-4H3,(H,65,77)(H,69,76)(H,64,67,68)/t45-,46?,48+,55-,60?/m1/s1. The lowest BCUT2D eigenvalue weighted by atomic mass is 9.66. The van der Waals surface area contributed by atoms with E-state index in [1.807, 2.05) is 87.2 Å². The highest BCUT2D eigenvalue weighted by molar-refractivity contribution is 7.13. The number of aliphatic hydroxyl groups is 1. The molecule has 2 fully saturated rings. The molecule has 0 radical (unpaired) electrons. The normalized spacial score (nSPS) is 18.4. The first kappa shape index (κ1) is 63.7. The minimum absolute atomic E-state index is 0.00103. The third-order valence-electron chi connectivity index (χ3n) is 14.9. The summed E-state index contributed by atoms with van der Waals surface area (Å²) in [5.74, 6) is -0.693. The van der Waals surface area contributed by atoms with Crippen molar-refractivity contribution >= 4 is 68.7 Å². The molecule has 3 atom stereocenters. The molecule has 20 nitrogen and oxygen atoms in total. The van der Waals surface area contributed by atoms with Crippen molar-refractivity contribution in [1.82, 2.24) is 50.8 Å². The summed E-state index contributed by atoms with van der Waals surface area (Å²) in [7, 11) is 0. The summed E-state index contributed by atoms with van der Waals surface area (Å²) in [5.41, 5.74) is 4.89. The summed E-state index contributed by atoms with van der Waals surface area (Å²) in [6.07, 6.45) is 6.94. The number of nitrogens with zero attached hydrogens (tertiary/aromatic N) is 7. The van der Waals surface area contributed by atoms with Crippen LogP contribution in [0.4, 0.5) is 15.3 Å². The number of anilines is 2. The number of amides is 3. The maximum Gasteiger partial charge on any atom is 0.246 e. The van der Waals surface area contributed by atoms with E-state index < -0.39 is 40.7 Å². The molecule has 1 saturated heterocycles. The number of halogens is 2. The zero-order chi connectivity index (χ0) is 59.5. The fourth-order valence-corrected chi connectivity index (χ4v) is 11.9. The minimum atomic E-state index is -0.906. The lowest BCUT2D eigenvalue weighted by molar-refractivity contribution is -0.144. The summed E-state index contributed by atoms with van der Waals surface area (Å²) in [6.45, 7) is 11.7. The predicted octanol–water partition coefficient (Wildman–Crippen LogP) is 8.43. The Bertz CT molecular complexity index is 3060. The first-order chi connectivity index (χ1) is 40.5. The van der Waals surface area contributed by atoms with E-state index in [1.54, 1.807) is 34.3 Å². The highest BCUT2D eigenvalue weighted by atomic mass is 35.5. The smallest absolute Gasteiger partial charge is 0.246 e. The highest BCUT2D eigenvalue weighted by Gasteiger charge is 2.45. The van der Waals surface area contributed by atoms with E-state index in [0.29, 0.717) is 116 Å². The van der Waals surface area contributed by atoms with Crippen molar-refractivity contribution in [2.45, 2.75) is 136 Å². The zero-order valence-electron chi connectivity index (χ0n) is 48.2. The van der Waals surface area contributed by atoms with Crippen LogP contribution < -0.4 is 26.0 Å². The Morgan fingerprint density at radius 2 is 1.67 bits per heavy atom. The van der Waals surface area contributed by atoms with E-state index in [0.717, 1.165) is 32.5 Å². The van der Waals surface area contributed by atoms with E-state index in [2.05, 4.69) is 41.5 Å². The fourth-order valence-electron chi connectivity index (χ4n) is 10.4. The number of aliphatic hydroxyl groups excluding tert-OH is 1. The Balaban J connectivity index is 0.666. The van der Waals surface area contributed by atoms with Gasteiger partial charge in [-0.1, -0.05) is 74.0 Å². The number of carbonyl (C=O) groups is 4. The average molecular weight is 1210 g/mol. The third kappa shape index (κ3) is 18.6. The lowest BCUT2D eigenvalue weighted by Gasteiger charge is -2.39. The number of Topliss-reactive ketones (excluding diaryl/α,β-unsaturated/α-hetero) is 1. The van der Waals surface area contributed by atoms with Gasteiger partial charge < -0.3 is 50.2 Å². The molecule has 0 spiro atoms. The second-order valence-corrected chi connectivity index (χ2v) is 24.5. The molecule has 84 heavy (non-hydrogen) atoms. The minimum Gasteiger partial charge on any atom is -0.487 e. The molecular weight excluding hydrogens is 1140 g/mol. The maximum absolute atomic E-state index is 14.7. The number of likely N-dealkylation sites (tertiary alicyclic amines) is 1. The number of aryl methyl sites for hydroxylation is 1. The predicted molar refractivity (Wildman–Crippen MR) is 319 cm³/mol. The van der Waals surface area contributed by atoms with Gasteiger partial charge in [0.1, 0.15) is 29.4 Å². The van der Waals surface area contributed by atoms with Crippen LogP contribution in [0, 0.1) is 23.6 Å². The molecule has 1 aliphatic carbocycles. The van der Waals surface area contributed by atoms with Crippen LogP contribution in [0.3, 0.4) is 0 Å². The number of β-amino-alcohol motifs (C(OH)–C–C–N with tert-alkyl or cyclic N) is 1. The van der Waals surface area contributed by atoms with Gasteiger partial charge in [-0.05, 0) is 92.8 Å². The third-order valence-corrected chi connectivity index (χ3v) is 16.9. The summed E-state index contributed by atoms with van der Waals surface area (Å²) in [4.78, 5) is 70.8. The van der Waals surface area contributed by atoms with Gasteiger partial charge in [0.2, 0.25) is 17.7 Å². The van der Waals surface area contributed by atoms with Gasteiger partial charge in [-0.25, -0.2) is 19.3 Å². The maximum atomic E-state index is 14.7. The average Bonchev–Trinajstić information content (AvgIpc) is 3.03. The van der Waals surface area contributed by atoms with Crippen LogP contribution in [-0.2, 0) is 59.5 Å². The second kappa shape index (κ2) is 31.2. The van der Waals surface area contributed by atoms with Crippen molar-refractivity contribution in [1.29, 1.82) is 0 Å².